The largest absolute Gasteiger partial charge is 0.349 e. The van der Waals surface area contributed by atoms with Crippen molar-refractivity contribution in [1.82, 2.24) is 25.2 Å². The maximum atomic E-state index is 14.0. The number of nitrogens with zero attached hydrogens (tertiary/aromatic N) is 4. The van der Waals surface area contributed by atoms with Crippen molar-refractivity contribution in [1.29, 1.82) is 0 Å². The molecular weight excluding hydrogens is 345 g/mol. The molecule has 0 radical (unpaired) electrons. The topological polar surface area (TPSA) is 63.1 Å². The summed E-state index contributed by atoms with van der Waals surface area (Å²) in [6.45, 7) is 7.71. The molecule has 6 nitrogen and oxygen atoms in total. The summed E-state index contributed by atoms with van der Waals surface area (Å²) in [6, 6.07) is 7.32. The van der Waals surface area contributed by atoms with Crippen LogP contribution < -0.4 is 5.32 Å². The molecule has 3 atom stereocenters. The Bertz CT molecular complexity index is 767. The van der Waals surface area contributed by atoms with E-state index in [1.807, 2.05) is 6.92 Å². The smallest absolute Gasteiger partial charge is 0.273 e. The van der Waals surface area contributed by atoms with Crippen LogP contribution in [0.4, 0.5) is 4.39 Å². The van der Waals surface area contributed by atoms with Gasteiger partial charge in [0, 0.05) is 30.7 Å². The van der Waals surface area contributed by atoms with E-state index >= 15 is 0 Å². The highest BCUT2D eigenvalue weighted by atomic mass is 19.1. The molecule has 1 fully saturated rings. The number of piperidine rings is 1. The Labute approximate surface area is 159 Å². The number of hydrogen-bond acceptors (Lipinski definition) is 4. The monoisotopic (exact) mass is 373 g/mol. The molecule has 146 valence electrons. The highest BCUT2D eigenvalue weighted by Crippen LogP contribution is 2.22. The zero-order valence-corrected chi connectivity index (χ0v) is 16.2. The molecule has 0 aliphatic carbocycles. The highest BCUT2D eigenvalue weighted by molar-refractivity contribution is 5.91. The zero-order valence-electron chi connectivity index (χ0n) is 16.2. The van der Waals surface area contributed by atoms with Gasteiger partial charge in [-0.2, -0.15) is 0 Å². The lowest BCUT2D eigenvalue weighted by Crippen LogP contribution is -2.47. The van der Waals surface area contributed by atoms with Crippen LogP contribution in [-0.2, 0) is 0 Å². The number of amides is 1. The summed E-state index contributed by atoms with van der Waals surface area (Å²) in [5.74, 6) is -0.546. The minimum absolute atomic E-state index is 0.248. The summed E-state index contributed by atoms with van der Waals surface area (Å²) in [5.41, 5.74) is 0.764. The van der Waals surface area contributed by atoms with E-state index in [0.29, 0.717) is 24.2 Å². The lowest BCUT2D eigenvalue weighted by Gasteiger charge is -2.38. The summed E-state index contributed by atoms with van der Waals surface area (Å²) >= 11 is 0. The van der Waals surface area contributed by atoms with Gasteiger partial charge in [0.25, 0.3) is 5.91 Å². The van der Waals surface area contributed by atoms with Gasteiger partial charge in [0.15, 0.2) is 5.69 Å². The molecule has 1 N–H and O–H groups in total. The third-order valence-corrected chi connectivity index (χ3v) is 5.53. The number of nitrogens with one attached hydrogen (secondary N) is 1. The van der Waals surface area contributed by atoms with Crippen molar-refractivity contribution in [3.8, 4) is 0 Å². The summed E-state index contributed by atoms with van der Waals surface area (Å²) in [6.07, 6.45) is 5.26. The van der Waals surface area contributed by atoms with Crippen molar-refractivity contribution in [2.75, 3.05) is 13.1 Å². The van der Waals surface area contributed by atoms with Crippen LogP contribution in [0.5, 0.6) is 0 Å². The quantitative estimate of drug-likeness (QED) is 0.845. The van der Waals surface area contributed by atoms with Gasteiger partial charge in [0.05, 0.1) is 12.2 Å². The summed E-state index contributed by atoms with van der Waals surface area (Å²) in [4.78, 5) is 14.8. The third kappa shape index (κ3) is 4.53. The maximum Gasteiger partial charge on any atom is 0.273 e. The second-order valence-corrected chi connectivity index (χ2v) is 7.40. The molecule has 1 amide bonds. The summed E-state index contributed by atoms with van der Waals surface area (Å²) in [7, 11) is 0. The molecule has 2 aromatic rings. The van der Waals surface area contributed by atoms with Gasteiger partial charge >= 0.3 is 0 Å². The van der Waals surface area contributed by atoms with E-state index in [-0.39, 0.29) is 23.5 Å². The van der Waals surface area contributed by atoms with Crippen molar-refractivity contribution < 1.29 is 9.18 Å². The molecule has 0 unspecified atom stereocenters. The van der Waals surface area contributed by atoms with E-state index in [9.17, 15) is 9.18 Å². The lowest BCUT2D eigenvalue weighted by molar-refractivity contribution is 0.0885. The Morgan fingerprint density at radius 1 is 1.30 bits per heavy atom. The fourth-order valence-electron chi connectivity index (χ4n) is 3.83. The van der Waals surface area contributed by atoms with E-state index in [0.717, 1.165) is 6.54 Å². The van der Waals surface area contributed by atoms with Gasteiger partial charge in [-0.15, -0.1) is 5.10 Å². The lowest BCUT2D eigenvalue weighted by atomic mass is 9.98. The number of halogens is 1. The molecule has 1 aromatic heterocycles. The molecule has 2 heterocycles. The second-order valence-electron chi connectivity index (χ2n) is 7.40. The number of benzene rings is 1. The normalized spacial score (nSPS) is 21.8. The van der Waals surface area contributed by atoms with Gasteiger partial charge in [-0.05, 0) is 39.7 Å². The van der Waals surface area contributed by atoms with E-state index in [2.05, 4.69) is 34.4 Å². The van der Waals surface area contributed by atoms with Crippen LogP contribution in [0.1, 0.15) is 62.1 Å². The van der Waals surface area contributed by atoms with Crippen LogP contribution in [0.3, 0.4) is 0 Å². The van der Waals surface area contributed by atoms with Gasteiger partial charge in [-0.25, -0.2) is 9.07 Å². The fraction of sp³-hybridized carbons (Fsp3) is 0.550. The van der Waals surface area contributed by atoms with Gasteiger partial charge in [-0.3, -0.25) is 9.69 Å². The molecule has 1 aliphatic heterocycles. The van der Waals surface area contributed by atoms with Crippen LogP contribution >= 0.6 is 0 Å². The van der Waals surface area contributed by atoms with Crippen LogP contribution in [0.25, 0.3) is 0 Å². The van der Waals surface area contributed by atoms with Crippen molar-refractivity contribution in [2.24, 2.45) is 0 Å². The predicted molar refractivity (Wildman–Crippen MR) is 102 cm³/mol. The molecule has 1 saturated heterocycles. The average Bonchev–Trinajstić information content (AvgIpc) is 3.14. The Morgan fingerprint density at radius 2 is 2.00 bits per heavy atom. The van der Waals surface area contributed by atoms with Crippen molar-refractivity contribution in [2.45, 2.75) is 58.2 Å². The minimum Gasteiger partial charge on any atom is -0.349 e. The van der Waals surface area contributed by atoms with Gasteiger partial charge in [-0.1, -0.05) is 29.8 Å². The first-order chi connectivity index (χ1) is 13.0. The standard InChI is InChI=1S/C20H28FN5O/c1-14-7-6-8-15(2)25(14)12-11-22-20(27)19-13-26(24-23-19)16(3)17-9-4-5-10-18(17)21/h4-5,9-10,13-16H,6-8,11-12H2,1-3H3,(H,22,27)/t14-,15+,16-/m1/s1. The molecule has 3 rings (SSSR count). The third-order valence-electron chi connectivity index (χ3n) is 5.53. The number of rotatable bonds is 6. The number of hydrogen-bond donors (Lipinski definition) is 1. The molecule has 0 spiro atoms. The first-order valence-electron chi connectivity index (χ1n) is 9.67. The Balaban J connectivity index is 1.56. The van der Waals surface area contributed by atoms with E-state index < -0.39 is 0 Å². The molecule has 1 aliphatic rings. The molecule has 27 heavy (non-hydrogen) atoms. The van der Waals surface area contributed by atoms with Crippen LogP contribution in [0.2, 0.25) is 0 Å². The summed E-state index contributed by atoms with van der Waals surface area (Å²) < 4.78 is 15.5. The van der Waals surface area contributed by atoms with Gasteiger partial charge in [0.1, 0.15) is 5.82 Å². The zero-order chi connectivity index (χ0) is 19.4. The minimum atomic E-state index is -0.338. The number of aromatic nitrogens is 3. The highest BCUT2D eigenvalue weighted by Gasteiger charge is 2.24. The SMILES string of the molecule is C[C@@H]1CCC[C@H](C)N1CCNC(=O)c1cn([C@H](C)c2ccccc2F)nn1. The van der Waals surface area contributed by atoms with Crippen molar-refractivity contribution in [3.05, 3.63) is 47.5 Å². The first-order valence-corrected chi connectivity index (χ1v) is 9.67. The number of likely N-dealkylation sites (tertiary alicyclic amines) is 1. The molecule has 0 saturated carbocycles. The van der Waals surface area contributed by atoms with Crippen LogP contribution in [-0.4, -0.2) is 51.0 Å². The van der Waals surface area contributed by atoms with Crippen LogP contribution in [0, 0.1) is 5.82 Å². The van der Waals surface area contributed by atoms with E-state index in [1.54, 1.807) is 24.4 Å². The van der Waals surface area contributed by atoms with Crippen molar-refractivity contribution >= 4 is 5.91 Å². The number of carbonyl (C=O) groups is 1. The van der Waals surface area contributed by atoms with Crippen LogP contribution in [0.15, 0.2) is 30.5 Å². The first kappa shape index (κ1) is 19.5. The van der Waals surface area contributed by atoms with E-state index in [1.165, 1.54) is 30.0 Å². The molecule has 7 heteroatoms. The molecule has 0 bridgehead atoms. The van der Waals surface area contributed by atoms with Gasteiger partial charge < -0.3 is 5.32 Å². The number of carbonyl (C=O) groups excluding carboxylic acids is 1. The van der Waals surface area contributed by atoms with Crippen molar-refractivity contribution in [3.63, 3.8) is 0 Å². The Hall–Kier alpha value is -2.28. The predicted octanol–water partition coefficient (Wildman–Crippen LogP) is 3.02. The molecule has 1 aromatic carbocycles. The summed E-state index contributed by atoms with van der Waals surface area (Å²) in [5, 5.41) is 10.9. The van der Waals surface area contributed by atoms with E-state index in [4.69, 9.17) is 0 Å². The molecular formula is C20H28FN5O. The fourth-order valence-corrected chi connectivity index (χ4v) is 3.83. The van der Waals surface area contributed by atoms with Gasteiger partial charge in [0.2, 0.25) is 0 Å². The second kappa shape index (κ2) is 8.61. The maximum absolute atomic E-state index is 14.0. The Morgan fingerprint density at radius 3 is 2.70 bits per heavy atom. The Kier molecular flexibility index (Phi) is 6.21. The average molecular weight is 373 g/mol.